The Morgan fingerprint density at radius 3 is 2.41 bits per heavy atom. The van der Waals surface area contributed by atoms with Gasteiger partial charge < -0.3 is 25.0 Å². The molecule has 1 aliphatic carbocycles. The molecule has 1 atom stereocenters. The summed E-state index contributed by atoms with van der Waals surface area (Å²) in [6, 6.07) is 32.8. The number of unbranched alkanes of at least 4 members (excludes halogenated alkanes) is 1. The maximum atomic E-state index is 5.19. The maximum absolute atomic E-state index is 5.19. The van der Waals surface area contributed by atoms with Crippen molar-refractivity contribution in [2.24, 2.45) is 18.9 Å². The van der Waals surface area contributed by atoms with E-state index in [0.29, 0.717) is 5.92 Å². The zero-order valence-electron chi connectivity index (χ0n) is 44.6. The first-order valence-corrected chi connectivity index (χ1v) is 28.3. The lowest BCUT2D eigenvalue weighted by molar-refractivity contribution is 0.123. The van der Waals surface area contributed by atoms with Crippen LogP contribution in [0.15, 0.2) is 129 Å². The highest BCUT2D eigenvalue weighted by atomic mass is 32.1. The standard InChI is InChI=1S/C40H42N4S.C24H35N5/c1-5-36-34(32-12-9-11-31(27(32)3)24-29-18-16-26(2)17-19-29)20-21-39(42-36)44-23-22-30-10-8-13-33(35(30)25-44)28(4)41-40-43-37-14-6-7-15-38(37)45-40;1-5-6-11-28-12-14-29(15-13-28)17-24-26-22-16-20(8-10-23(22)27(24)4)21-9-7-18(2)25-19(21)3/h5-15,20-21,26,29H,1,4,16-19,22-25H2,2-3H3,(H,41,43);8,10,16,21,25H,2-3,5-7,9,11-15,17H2,1,4H3. The van der Waals surface area contributed by atoms with E-state index in [4.69, 9.17) is 15.0 Å². The van der Waals surface area contributed by atoms with E-state index in [1.165, 1.54) is 108 Å². The van der Waals surface area contributed by atoms with Crippen molar-refractivity contribution in [2.75, 3.05) is 49.5 Å². The van der Waals surface area contributed by atoms with Crippen molar-refractivity contribution in [1.29, 1.82) is 0 Å². The van der Waals surface area contributed by atoms with Crippen molar-refractivity contribution >= 4 is 55.3 Å². The SMILES string of the molecule is C=C1CCC(c2ccc3c(c2)nc(CN2CCN(CCCC)CC2)n3C)C(=C)N1.C=Cc1nc(N2CCc3cccc(C(=C)Nc4nc5ccccc5s4)c3C2)ccc1-c1cccc(CC2CCC(C)CC2)c1C. The van der Waals surface area contributed by atoms with Gasteiger partial charge in [0.15, 0.2) is 5.13 Å². The van der Waals surface area contributed by atoms with Gasteiger partial charge >= 0.3 is 0 Å². The van der Waals surface area contributed by atoms with E-state index in [-0.39, 0.29) is 0 Å². The molecule has 74 heavy (non-hydrogen) atoms. The topological polar surface area (TPSA) is 77.4 Å². The van der Waals surface area contributed by atoms with E-state index < -0.39 is 0 Å². The Kier molecular flexibility index (Phi) is 15.9. The average molecular weight is 1000 g/mol. The lowest BCUT2D eigenvalue weighted by atomic mass is 9.79. The molecule has 0 amide bonds. The van der Waals surface area contributed by atoms with Gasteiger partial charge in [0.1, 0.15) is 11.6 Å². The minimum Gasteiger partial charge on any atom is -0.363 e. The molecule has 384 valence electrons. The fraction of sp³-hybridized carbons (Fsp3) is 0.391. The van der Waals surface area contributed by atoms with Crippen LogP contribution in [0.1, 0.15) is 116 Å². The van der Waals surface area contributed by atoms with Crippen molar-refractivity contribution in [3.63, 3.8) is 0 Å². The third-order valence-electron chi connectivity index (χ3n) is 16.5. The fourth-order valence-electron chi connectivity index (χ4n) is 11.9. The van der Waals surface area contributed by atoms with E-state index in [9.17, 15) is 0 Å². The molecule has 4 aromatic carbocycles. The van der Waals surface area contributed by atoms with Crippen molar-refractivity contribution < 1.29 is 0 Å². The zero-order valence-corrected chi connectivity index (χ0v) is 45.4. The minimum absolute atomic E-state index is 0.339. The number of aryl methyl sites for hydroxylation is 1. The van der Waals surface area contributed by atoms with Crippen LogP contribution in [-0.2, 0) is 33.0 Å². The highest BCUT2D eigenvalue weighted by Gasteiger charge is 2.26. The number of anilines is 2. The van der Waals surface area contributed by atoms with Gasteiger partial charge in [0, 0.05) is 80.5 Å². The molecule has 3 fully saturated rings. The minimum atomic E-state index is 0.339. The summed E-state index contributed by atoms with van der Waals surface area (Å²) in [6.07, 6.45) is 14.2. The molecular formula is C64H77N9S. The monoisotopic (exact) mass is 1000 g/mol. The second-order valence-electron chi connectivity index (χ2n) is 21.6. The lowest BCUT2D eigenvalue weighted by Gasteiger charge is -2.34. The van der Waals surface area contributed by atoms with Gasteiger partial charge in [0.25, 0.3) is 0 Å². The van der Waals surface area contributed by atoms with Crippen LogP contribution in [0.25, 0.3) is 44.1 Å². The number of hydrogen-bond acceptors (Lipinski definition) is 9. The molecular weight excluding hydrogens is 927 g/mol. The molecule has 3 aliphatic heterocycles. The summed E-state index contributed by atoms with van der Waals surface area (Å²) in [4.78, 5) is 22.5. The van der Waals surface area contributed by atoms with Gasteiger partial charge in [-0.2, -0.15) is 0 Å². The summed E-state index contributed by atoms with van der Waals surface area (Å²) >= 11 is 1.66. The Morgan fingerprint density at radius 1 is 0.824 bits per heavy atom. The number of pyridine rings is 1. The van der Waals surface area contributed by atoms with Gasteiger partial charge in [0.2, 0.25) is 0 Å². The highest BCUT2D eigenvalue weighted by molar-refractivity contribution is 7.22. The molecule has 0 spiro atoms. The Balaban J connectivity index is 0.000000186. The molecule has 0 bridgehead atoms. The number of nitrogens with one attached hydrogen (secondary N) is 2. The molecule has 6 heterocycles. The molecule has 10 heteroatoms. The molecule has 7 aromatic rings. The molecule has 9 nitrogen and oxygen atoms in total. The van der Waals surface area contributed by atoms with E-state index in [1.807, 2.05) is 18.2 Å². The number of piperazine rings is 1. The highest BCUT2D eigenvalue weighted by Crippen LogP contribution is 2.38. The van der Waals surface area contributed by atoms with Crippen molar-refractivity contribution in [1.82, 2.24) is 34.6 Å². The summed E-state index contributed by atoms with van der Waals surface area (Å²) in [5.74, 6) is 4.17. The first kappa shape index (κ1) is 51.2. The maximum Gasteiger partial charge on any atom is 0.188 e. The number of para-hydroxylation sites is 1. The van der Waals surface area contributed by atoms with E-state index in [1.54, 1.807) is 11.3 Å². The third kappa shape index (κ3) is 11.5. The van der Waals surface area contributed by atoms with E-state index in [0.717, 1.165) is 126 Å². The number of nitrogens with zero attached hydrogens (tertiary/aromatic N) is 7. The van der Waals surface area contributed by atoms with Crippen molar-refractivity contribution in [3.8, 4) is 11.1 Å². The molecule has 3 aromatic heterocycles. The van der Waals surface area contributed by atoms with Crippen LogP contribution >= 0.6 is 11.3 Å². The van der Waals surface area contributed by atoms with Crippen molar-refractivity contribution in [3.05, 3.63) is 174 Å². The number of thiazole rings is 1. The van der Waals surface area contributed by atoms with Gasteiger partial charge in [-0.05, 0) is 146 Å². The molecule has 4 aliphatic rings. The number of allylic oxidation sites excluding steroid dienone is 2. The lowest BCUT2D eigenvalue weighted by Crippen LogP contribution is -2.46. The van der Waals surface area contributed by atoms with Crippen LogP contribution in [0.2, 0.25) is 0 Å². The zero-order chi connectivity index (χ0) is 51.3. The molecule has 1 saturated carbocycles. The summed E-state index contributed by atoms with van der Waals surface area (Å²) in [5.41, 5.74) is 17.7. The van der Waals surface area contributed by atoms with Gasteiger partial charge in [0.05, 0.1) is 33.5 Å². The summed E-state index contributed by atoms with van der Waals surface area (Å²) in [7, 11) is 2.15. The van der Waals surface area contributed by atoms with Crippen LogP contribution in [0, 0.1) is 18.8 Å². The normalized spacial score (nSPS) is 19.5. The number of imidazole rings is 1. The average Bonchev–Trinajstić information content (AvgIpc) is 3.98. The van der Waals surface area contributed by atoms with E-state index >= 15 is 0 Å². The first-order chi connectivity index (χ1) is 36.0. The molecule has 11 rings (SSSR count). The number of hydrogen-bond donors (Lipinski definition) is 2. The summed E-state index contributed by atoms with van der Waals surface area (Å²) in [6.45, 7) is 32.3. The second-order valence-corrected chi connectivity index (χ2v) is 22.6. The summed E-state index contributed by atoms with van der Waals surface area (Å²) < 4.78 is 3.43. The number of fused-ring (bicyclic) bond motifs is 3. The molecule has 2 N–H and O–H groups in total. The quantitative estimate of drug-likeness (QED) is 0.112. The van der Waals surface area contributed by atoms with Crippen LogP contribution < -0.4 is 15.5 Å². The summed E-state index contributed by atoms with van der Waals surface area (Å²) in [5, 5.41) is 7.70. The number of benzene rings is 4. The predicted octanol–water partition coefficient (Wildman–Crippen LogP) is 14.3. The van der Waals surface area contributed by atoms with Crippen LogP contribution in [-0.4, -0.2) is 68.6 Å². The number of aromatic nitrogens is 4. The van der Waals surface area contributed by atoms with Crippen LogP contribution in [0.3, 0.4) is 0 Å². The van der Waals surface area contributed by atoms with Crippen LogP contribution in [0.4, 0.5) is 10.9 Å². The second kappa shape index (κ2) is 23.1. The Morgan fingerprint density at radius 2 is 1.62 bits per heavy atom. The fourth-order valence-corrected chi connectivity index (χ4v) is 12.8. The third-order valence-corrected chi connectivity index (χ3v) is 17.5. The Hall–Kier alpha value is -6.33. The first-order valence-electron chi connectivity index (χ1n) is 27.4. The van der Waals surface area contributed by atoms with Gasteiger partial charge in [-0.3, -0.25) is 4.90 Å². The molecule has 2 saturated heterocycles. The molecule has 1 unspecified atom stereocenters. The largest absolute Gasteiger partial charge is 0.363 e. The Labute approximate surface area is 444 Å². The van der Waals surface area contributed by atoms with Crippen molar-refractivity contribution in [2.45, 2.75) is 104 Å². The smallest absolute Gasteiger partial charge is 0.188 e. The van der Waals surface area contributed by atoms with Crippen LogP contribution in [0.5, 0.6) is 0 Å². The molecule has 0 radical (unpaired) electrons. The predicted molar refractivity (Wildman–Crippen MR) is 314 cm³/mol. The van der Waals surface area contributed by atoms with E-state index in [2.05, 4.69) is 163 Å². The van der Waals surface area contributed by atoms with Gasteiger partial charge in [-0.15, -0.1) is 0 Å². The Bertz CT molecular complexity index is 3130. The number of piperidine rings is 1. The van der Waals surface area contributed by atoms with Gasteiger partial charge in [-0.25, -0.2) is 15.0 Å². The van der Waals surface area contributed by atoms with Gasteiger partial charge in [-0.1, -0.05) is 125 Å². The number of rotatable bonds is 14.